The Labute approximate surface area is 111 Å². The number of alkyl carbamates (subject to hydrolysis) is 1. The molecule has 0 saturated heterocycles. The number of amides is 1. The molecule has 2 rings (SSSR count). The summed E-state index contributed by atoms with van der Waals surface area (Å²) < 4.78 is 5.17. The van der Waals surface area contributed by atoms with E-state index in [0.717, 1.165) is 23.6 Å². The molecule has 4 nitrogen and oxygen atoms in total. The molecule has 0 saturated carbocycles. The second kappa shape index (κ2) is 6.44. The van der Waals surface area contributed by atoms with E-state index in [1.807, 2.05) is 36.6 Å². The molecule has 0 bridgehead atoms. The van der Waals surface area contributed by atoms with Crippen molar-refractivity contribution in [1.29, 1.82) is 0 Å². The van der Waals surface area contributed by atoms with Gasteiger partial charge in [0.2, 0.25) is 0 Å². The molecule has 0 aliphatic carbocycles. The number of hydrogen-bond acceptors (Lipinski definition) is 4. The van der Waals surface area contributed by atoms with Crippen molar-refractivity contribution < 1.29 is 9.53 Å². The van der Waals surface area contributed by atoms with Crippen LogP contribution in [0.3, 0.4) is 0 Å². The van der Waals surface area contributed by atoms with E-state index in [-0.39, 0.29) is 12.1 Å². The zero-order valence-corrected chi connectivity index (χ0v) is 11.1. The molecule has 0 aromatic heterocycles. The second-order valence-corrected chi connectivity index (χ2v) is 4.80. The third-order valence-electron chi connectivity index (χ3n) is 2.70. The number of carbonyl (C=O) groups is 1. The molecule has 1 aliphatic heterocycles. The molecule has 18 heavy (non-hydrogen) atoms. The largest absolute Gasteiger partial charge is 0.445 e. The summed E-state index contributed by atoms with van der Waals surface area (Å²) in [6.45, 7) is 1.07. The van der Waals surface area contributed by atoms with E-state index in [4.69, 9.17) is 4.74 Å². The molecule has 0 spiro atoms. The van der Waals surface area contributed by atoms with Crippen LogP contribution in [0.1, 0.15) is 12.0 Å². The number of carbonyl (C=O) groups excluding carboxylic acids is 1. The summed E-state index contributed by atoms with van der Waals surface area (Å²) in [7, 11) is 0. The van der Waals surface area contributed by atoms with Gasteiger partial charge in [0.05, 0.1) is 11.1 Å². The van der Waals surface area contributed by atoms with Crippen LogP contribution >= 0.6 is 11.8 Å². The number of nitrogens with zero attached hydrogens (tertiary/aromatic N) is 1. The predicted molar refractivity (Wildman–Crippen MR) is 74.0 cm³/mol. The minimum Gasteiger partial charge on any atom is -0.445 e. The fourth-order valence-electron chi connectivity index (χ4n) is 1.79. The fourth-order valence-corrected chi connectivity index (χ4v) is 2.47. The maximum absolute atomic E-state index is 11.6. The maximum Gasteiger partial charge on any atom is 0.408 e. The summed E-state index contributed by atoms with van der Waals surface area (Å²) in [6, 6.07) is 9.65. The number of nitrogens with one attached hydrogen (secondary N) is 1. The van der Waals surface area contributed by atoms with E-state index in [2.05, 4.69) is 10.3 Å². The van der Waals surface area contributed by atoms with Crippen molar-refractivity contribution in [1.82, 2.24) is 5.32 Å². The summed E-state index contributed by atoms with van der Waals surface area (Å²) in [5.74, 6) is 0. The van der Waals surface area contributed by atoms with E-state index in [0.29, 0.717) is 6.61 Å². The van der Waals surface area contributed by atoms with Crippen LogP contribution in [0.4, 0.5) is 4.79 Å². The molecular weight excluding hydrogens is 248 g/mol. The molecule has 1 aliphatic rings. The summed E-state index contributed by atoms with van der Waals surface area (Å²) in [5, 5.41) is 3.82. The average Bonchev–Trinajstić information content (AvgIpc) is 2.85. The smallest absolute Gasteiger partial charge is 0.408 e. The number of hydrogen-bond donors (Lipinski definition) is 1. The van der Waals surface area contributed by atoms with Crippen molar-refractivity contribution in [2.45, 2.75) is 19.1 Å². The monoisotopic (exact) mass is 264 g/mol. The van der Waals surface area contributed by atoms with Crippen molar-refractivity contribution in [2.24, 2.45) is 4.99 Å². The molecule has 5 heteroatoms. The minimum absolute atomic E-state index is 0.0169. The Balaban J connectivity index is 1.78. The summed E-state index contributed by atoms with van der Waals surface area (Å²) >= 11 is 1.58. The van der Waals surface area contributed by atoms with Crippen molar-refractivity contribution >= 4 is 22.9 Å². The SMILES string of the molecule is CSC1=NCCC1NC(=O)OCc1ccccc1. The fraction of sp³-hybridized carbons (Fsp3) is 0.385. The number of aliphatic imine (C=N–C) groups is 1. The van der Waals surface area contributed by atoms with E-state index in [1.54, 1.807) is 11.8 Å². The molecule has 1 heterocycles. The van der Waals surface area contributed by atoms with Gasteiger partial charge in [-0.15, -0.1) is 11.8 Å². The van der Waals surface area contributed by atoms with Crippen LogP contribution in [0.15, 0.2) is 35.3 Å². The summed E-state index contributed by atoms with van der Waals surface area (Å²) in [6.07, 6.45) is 2.44. The van der Waals surface area contributed by atoms with Gasteiger partial charge in [-0.25, -0.2) is 4.79 Å². The molecule has 1 N–H and O–H groups in total. The maximum atomic E-state index is 11.6. The Morgan fingerprint density at radius 1 is 1.50 bits per heavy atom. The van der Waals surface area contributed by atoms with E-state index >= 15 is 0 Å². The van der Waals surface area contributed by atoms with Gasteiger partial charge in [-0.1, -0.05) is 30.3 Å². The number of thioether (sulfide) groups is 1. The molecule has 1 unspecified atom stereocenters. The van der Waals surface area contributed by atoms with Gasteiger partial charge in [0.25, 0.3) is 0 Å². The molecular formula is C13H16N2O2S. The normalized spacial score (nSPS) is 18.3. The molecule has 0 fully saturated rings. The van der Waals surface area contributed by atoms with Crippen LogP contribution in [0, 0.1) is 0 Å². The van der Waals surface area contributed by atoms with Gasteiger partial charge < -0.3 is 10.1 Å². The highest BCUT2D eigenvalue weighted by molar-refractivity contribution is 8.13. The van der Waals surface area contributed by atoms with Gasteiger partial charge in [-0.3, -0.25) is 4.99 Å². The van der Waals surface area contributed by atoms with Crippen LogP contribution in [0.25, 0.3) is 0 Å². The molecule has 1 aromatic carbocycles. The lowest BCUT2D eigenvalue weighted by molar-refractivity contribution is 0.138. The standard InChI is InChI=1S/C13H16N2O2S/c1-18-12-11(7-8-14-12)15-13(16)17-9-10-5-3-2-4-6-10/h2-6,11H,7-9H2,1H3,(H,15,16). The van der Waals surface area contributed by atoms with Gasteiger partial charge in [0.15, 0.2) is 0 Å². The first-order valence-electron chi connectivity index (χ1n) is 5.85. The lowest BCUT2D eigenvalue weighted by Crippen LogP contribution is -2.37. The van der Waals surface area contributed by atoms with Crippen molar-refractivity contribution in [3.05, 3.63) is 35.9 Å². The Morgan fingerprint density at radius 3 is 3.00 bits per heavy atom. The highest BCUT2D eigenvalue weighted by Crippen LogP contribution is 2.14. The molecule has 1 atom stereocenters. The predicted octanol–water partition coefficient (Wildman–Crippen LogP) is 2.45. The Kier molecular flexibility index (Phi) is 4.64. The van der Waals surface area contributed by atoms with Gasteiger partial charge in [-0.2, -0.15) is 0 Å². The van der Waals surface area contributed by atoms with Crippen LogP contribution in [0.2, 0.25) is 0 Å². The minimum atomic E-state index is -0.382. The molecule has 1 aromatic rings. The van der Waals surface area contributed by atoms with Gasteiger partial charge in [0.1, 0.15) is 6.61 Å². The quantitative estimate of drug-likeness (QED) is 0.912. The number of rotatable bonds is 3. The first kappa shape index (κ1) is 13.0. The van der Waals surface area contributed by atoms with Gasteiger partial charge in [0, 0.05) is 6.54 Å². The van der Waals surface area contributed by atoms with Gasteiger partial charge in [-0.05, 0) is 18.2 Å². The third kappa shape index (κ3) is 3.50. The Morgan fingerprint density at radius 2 is 2.28 bits per heavy atom. The third-order valence-corrected chi connectivity index (χ3v) is 3.53. The van der Waals surface area contributed by atoms with Crippen molar-refractivity contribution in [3.8, 4) is 0 Å². The van der Waals surface area contributed by atoms with Crippen molar-refractivity contribution in [3.63, 3.8) is 0 Å². The molecule has 1 amide bonds. The lowest BCUT2D eigenvalue weighted by Gasteiger charge is -2.13. The van der Waals surface area contributed by atoms with Gasteiger partial charge >= 0.3 is 6.09 Å². The summed E-state index contributed by atoms with van der Waals surface area (Å²) in [5.41, 5.74) is 0.984. The first-order valence-corrected chi connectivity index (χ1v) is 7.07. The van der Waals surface area contributed by atoms with Crippen LogP contribution < -0.4 is 5.32 Å². The lowest BCUT2D eigenvalue weighted by atomic mass is 10.2. The first-order chi connectivity index (χ1) is 8.79. The topological polar surface area (TPSA) is 50.7 Å². The number of ether oxygens (including phenoxy) is 1. The van der Waals surface area contributed by atoms with Crippen LogP contribution in [0.5, 0.6) is 0 Å². The zero-order valence-electron chi connectivity index (χ0n) is 10.3. The van der Waals surface area contributed by atoms with E-state index in [9.17, 15) is 4.79 Å². The van der Waals surface area contributed by atoms with Crippen LogP contribution in [-0.2, 0) is 11.3 Å². The van der Waals surface area contributed by atoms with Crippen LogP contribution in [-0.4, -0.2) is 30.0 Å². The zero-order chi connectivity index (χ0) is 12.8. The Hall–Kier alpha value is -1.49. The highest BCUT2D eigenvalue weighted by atomic mass is 32.2. The second-order valence-electron chi connectivity index (χ2n) is 3.97. The van der Waals surface area contributed by atoms with E-state index in [1.165, 1.54) is 0 Å². The Bertz CT molecular complexity index is 434. The summed E-state index contributed by atoms with van der Waals surface area (Å²) in [4.78, 5) is 16.0. The number of benzene rings is 1. The highest BCUT2D eigenvalue weighted by Gasteiger charge is 2.22. The average molecular weight is 264 g/mol. The van der Waals surface area contributed by atoms with Crippen molar-refractivity contribution in [2.75, 3.05) is 12.8 Å². The molecule has 0 radical (unpaired) electrons. The van der Waals surface area contributed by atoms with E-state index < -0.39 is 0 Å². The molecule has 96 valence electrons.